The molecule has 1 nitrogen and oxygen atoms in total. The van der Waals surface area contributed by atoms with Crippen LogP contribution in [0.1, 0.15) is 31.7 Å². The van der Waals surface area contributed by atoms with E-state index in [0.29, 0.717) is 22.5 Å². The Labute approximate surface area is 128 Å². The highest BCUT2D eigenvalue weighted by molar-refractivity contribution is 7.15. The lowest BCUT2D eigenvalue weighted by Gasteiger charge is -2.20. The van der Waals surface area contributed by atoms with E-state index in [0.717, 1.165) is 11.4 Å². The molecule has 108 valence electrons. The Morgan fingerprint density at radius 3 is 2.60 bits per heavy atom. The molecule has 20 heavy (non-hydrogen) atoms. The zero-order chi connectivity index (χ0) is 14.7. The van der Waals surface area contributed by atoms with Gasteiger partial charge in [-0.1, -0.05) is 32.4 Å². The summed E-state index contributed by atoms with van der Waals surface area (Å²) in [6.07, 6.45) is 0. The van der Waals surface area contributed by atoms with Crippen molar-refractivity contribution in [1.82, 2.24) is 5.32 Å². The van der Waals surface area contributed by atoms with Crippen molar-refractivity contribution >= 4 is 22.9 Å². The lowest BCUT2D eigenvalue weighted by Crippen LogP contribution is -2.24. The monoisotopic (exact) mass is 311 g/mol. The first-order valence-corrected chi connectivity index (χ1v) is 8.01. The molecule has 4 heteroatoms. The standard InChI is InChI=1S/C16H19ClFNS/c1-4-19-16(10(2)3)15-8-7-14(20-15)12-6-5-11(17)9-13(12)18/h5-10,16,19H,4H2,1-3H3. The normalized spacial score (nSPS) is 12.9. The zero-order valence-corrected chi connectivity index (χ0v) is 13.5. The summed E-state index contributed by atoms with van der Waals surface area (Å²) in [7, 11) is 0. The first-order valence-electron chi connectivity index (χ1n) is 6.81. The molecule has 1 heterocycles. The van der Waals surface area contributed by atoms with E-state index in [1.165, 1.54) is 10.9 Å². The van der Waals surface area contributed by atoms with Gasteiger partial charge in [-0.15, -0.1) is 11.3 Å². The van der Waals surface area contributed by atoms with Crippen LogP contribution in [-0.4, -0.2) is 6.54 Å². The smallest absolute Gasteiger partial charge is 0.133 e. The van der Waals surface area contributed by atoms with Gasteiger partial charge in [-0.3, -0.25) is 0 Å². The number of rotatable bonds is 5. The van der Waals surface area contributed by atoms with Crippen LogP contribution in [0.15, 0.2) is 30.3 Å². The molecule has 0 bridgehead atoms. The largest absolute Gasteiger partial charge is 0.309 e. The van der Waals surface area contributed by atoms with Gasteiger partial charge in [0, 0.05) is 26.4 Å². The van der Waals surface area contributed by atoms with Crippen LogP contribution in [-0.2, 0) is 0 Å². The van der Waals surface area contributed by atoms with Crippen LogP contribution in [0.25, 0.3) is 10.4 Å². The summed E-state index contributed by atoms with van der Waals surface area (Å²) in [5.74, 6) is 0.229. The van der Waals surface area contributed by atoms with Crippen molar-refractivity contribution in [2.24, 2.45) is 5.92 Å². The summed E-state index contributed by atoms with van der Waals surface area (Å²) in [6.45, 7) is 7.40. The Balaban J connectivity index is 2.32. The predicted molar refractivity (Wildman–Crippen MR) is 86.0 cm³/mol. The van der Waals surface area contributed by atoms with Crippen LogP contribution in [0.3, 0.4) is 0 Å². The molecule has 2 rings (SSSR count). The predicted octanol–water partition coefficient (Wildman–Crippen LogP) is 5.51. The van der Waals surface area contributed by atoms with E-state index >= 15 is 0 Å². The third kappa shape index (κ3) is 3.40. The number of nitrogens with one attached hydrogen (secondary N) is 1. The molecule has 0 amide bonds. The summed E-state index contributed by atoms with van der Waals surface area (Å²) < 4.78 is 14.0. The van der Waals surface area contributed by atoms with Gasteiger partial charge in [-0.05, 0) is 42.8 Å². The SMILES string of the molecule is CCNC(c1ccc(-c2ccc(Cl)cc2F)s1)C(C)C. The van der Waals surface area contributed by atoms with E-state index < -0.39 is 0 Å². The van der Waals surface area contributed by atoms with Crippen molar-refractivity contribution in [1.29, 1.82) is 0 Å². The second kappa shape index (κ2) is 6.70. The Hall–Kier alpha value is -0.900. The minimum absolute atomic E-state index is 0.268. The van der Waals surface area contributed by atoms with Crippen LogP contribution >= 0.6 is 22.9 Å². The Kier molecular flexibility index (Phi) is 5.19. The highest BCUT2D eigenvalue weighted by Crippen LogP contribution is 2.35. The highest BCUT2D eigenvalue weighted by atomic mass is 35.5. The van der Waals surface area contributed by atoms with Gasteiger partial charge >= 0.3 is 0 Å². The van der Waals surface area contributed by atoms with Crippen molar-refractivity contribution in [3.8, 4) is 10.4 Å². The van der Waals surface area contributed by atoms with Crippen LogP contribution in [0.5, 0.6) is 0 Å². The lowest BCUT2D eigenvalue weighted by molar-refractivity contribution is 0.428. The van der Waals surface area contributed by atoms with Gasteiger partial charge in [0.15, 0.2) is 0 Å². The summed E-state index contributed by atoms with van der Waals surface area (Å²) in [5, 5.41) is 3.91. The quantitative estimate of drug-likeness (QED) is 0.767. The fourth-order valence-corrected chi connectivity index (χ4v) is 3.68. The van der Waals surface area contributed by atoms with Gasteiger partial charge in [-0.2, -0.15) is 0 Å². The van der Waals surface area contributed by atoms with Gasteiger partial charge in [0.2, 0.25) is 0 Å². The second-order valence-corrected chi connectivity index (χ2v) is 6.66. The maximum atomic E-state index is 14.0. The van der Waals surface area contributed by atoms with Crippen molar-refractivity contribution in [2.45, 2.75) is 26.8 Å². The Morgan fingerprint density at radius 1 is 1.25 bits per heavy atom. The first kappa shape index (κ1) is 15.5. The molecule has 0 aliphatic carbocycles. The average molecular weight is 312 g/mol. The van der Waals surface area contributed by atoms with Crippen LogP contribution in [0.4, 0.5) is 4.39 Å². The molecule has 1 N–H and O–H groups in total. The molecule has 0 aliphatic heterocycles. The molecule has 2 aromatic rings. The van der Waals surface area contributed by atoms with Crippen molar-refractivity contribution in [3.63, 3.8) is 0 Å². The summed E-state index contributed by atoms with van der Waals surface area (Å²) in [6, 6.07) is 9.21. The molecule has 0 radical (unpaired) electrons. The van der Waals surface area contributed by atoms with Crippen molar-refractivity contribution < 1.29 is 4.39 Å². The number of benzene rings is 1. The number of hydrogen-bond acceptors (Lipinski definition) is 2. The molecule has 0 spiro atoms. The van der Waals surface area contributed by atoms with Crippen LogP contribution < -0.4 is 5.32 Å². The van der Waals surface area contributed by atoms with Gasteiger partial charge in [0.1, 0.15) is 5.82 Å². The maximum Gasteiger partial charge on any atom is 0.133 e. The summed E-state index contributed by atoms with van der Waals surface area (Å²) in [4.78, 5) is 2.18. The zero-order valence-electron chi connectivity index (χ0n) is 11.9. The molecule has 0 fully saturated rings. The maximum absolute atomic E-state index is 14.0. The molecule has 1 aromatic heterocycles. The van der Waals surface area contributed by atoms with E-state index in [9.17, 15) is 4.39 Å². The number of thiophene rings is 1. The van der Waals surface area contributed by atoms with Crippen molar-refractivity contribution in [3.05, 3.63) is 46.0 Å². The third-order valence-electron chi connectivity index (χ3n) is 3.22. The van der Waals surface area contributed by atoms with E-state index in [4.69, 9.17) is 11.6 Å². The average Bonchev–Trinajstić information content (AvgIpc) is 2.84. The van der Waals surface area contributed by atoms with Gasteiger partial charge in [-0.25, -0.2) is 4.39 Å². The molecule has 0 saturated heterocycles. The van der Waals surface area contributed by atoms with Gasteiger partial charge in [0.25, 0.3) is 0 Å². The summed E-state index contributed by atoms with van der Waals surface area (Å²) >= 11 is 7.43. The van der Waals surface area contributed by atoms with E-state index in [1.807, 2.05) is 6.07 Å². The second-order valence-electron chi connectivity index (χ2n) is 5.11. The lowest BCUT2D eigenvalue weighted by atomic mass is 10.0. The van der Waals surface area contributed by atoms with E-state index in [-0.39, 0.29) is 5.82 Å². The molecule has 0 aliphatic rings. The minimum atomic E-state index is -0.268. The fourth-order valence-electron chi connectivity index (χ4n) is 2.24. The van der Waals surface area contributed by atoms with Gasteiger partial charge < -0.3 is 5.32 Å². The first-order chi connectivity index (χ1) is 9.52. The molecule has 1 unspecified atom stereocenters. The van der Waals surface area contributed by atoms with E-state index in [1.54, 1.807) is 23.5 Å². The molecule has 1 aromatic carbocycles. The molecule has 1 atom stereocenters. The summed E-state index contributed by atoms with van der Waals surface area (Å²) in [5.41, 5.74) is 0.615. The number of hydrogen-bond donors (Lipinski definition) is 1. The Morgan fingerprint density at radius 2 is 2.00 bits per heavy atom. The minimum Gasteiger partial charge on any atom is -0.309 e. The fraction of sp³-hybridized carbons (Fsp3) is 0.375. The number of halogens is 2. The third-order valence-corrected chi connectivity index (χ3v) is 4.66. The van der Waals surface area contributed by atoms with Crippen LogP contribution in [0, 0.1) is 11.7 Å². The Bertz CT molecular complexity index is 580. The molecule has 0 saturated carbocycles. The molecular formula is C16H19ClFNS. The highest BCUT2D eigenvalue weighted by Gasteiger charge is 2.18. The van der Waals surface area contributed by atoms with Crippen LogP contribution in [0.2, 0.25) is 5.02 Å². The van der Waals surface area contributed by atoms with Gasteiger partial charge in [0.05, 0.1) is 0 Å². The van der Waals surface area contributed by atoms with E-state index in [2.05, 4.69) is 32.2 Å². The molecular weight excluding hydrogens is 293 g/mol. The van der Waals surface area contributed by atoms with Crippen molar-refractivity contribution in [2.75, 3.05) is 6.54 Å². The topological polar surface area (TPSA) is 12.0 Å².